The first-order valence-corrected chi connectivity index (χ1v) is 13.8. The van der Waals surface area contributed by atoms with Crippen molar-refractivity contribution in [2.24, 2.45) is 0 Å². The zero-order valence-corrected chi connectivity index (χ0v) is 23.5. The summed E-state index contributed by atoms with van der Waals surface area (Å²) in [5, 5.41) is 9.88. The van der Waals surface area contributed by atoms with Gasteiger partial charge in [0, 0.05) is 25.2 Å². The predicted octanol–water partition coefficient (Wildman–Crippen LogP) is 5.01. The lowest BCUT2D eigenvalue weighted by atomic mass is 10.0. The first-order valence-electron chi connectivity index (χ1n) is 12.6. The van der Waals surface area contributed by atoms with Crippen LogP contribution in [0.25, 0.3) is 6.08 Å². The van der Waals surface area contributed by atoms with Crippen molar-refractivity contribution in [3.63, 3.8) is 0 Å². The Morgan fingerprint density at radius 2 is 1.86 bits per heavy atom. The molecule has 0 aliphatic carbocycles. The second-order valence-corrected chi connectivity index (χ2v) is 11.3. The Balaban J connectivity index is 1.87. The van der Waals surface area contributed by atoms with Gasteiger partial charge in [-0.3, -0.25) is 19.1 Å². The molecular weight excluding hydrogens is 504 g/mol. The van der Waals surface area contributed by atoms with Crippen LogP contribution in [-0.4, -0.2) is 45.0 Å². The number of hydrogen-bond acceptors (Lipinski definition) is 7. The molecule has 3 atom stereocenters. The Labute approximate surface area is 227 Å². The quantitative estimate of drug-likeness (QED) is 0.379. The summed E-state index contributed by atoms with van der Waals surface area (Å²) in [7, 11) is 0. The molecule has 2 aliphatic heterocycles. The molecule has 1 aromatic carbocycles. The normalized spacial score (nSPS) is 22.0. The van der Waals surface area contributed by atoms with E-state index >= 15 is 0 Å². The van der Waals surface area contributed by atoms with Crippen LogP contribution in [0.3, 0.4) is 0 Å². The van der Waals surface area contributed by atoms with Crippen molar-refractivity contribution in [3.05, 3.63) is 67.8 Å². The van der Waals surface area contributed by atoms with Gasteiger partial charge in [0.05, 0.1) is 23.2 Å². The minimum absolute atomic E-state index is 0.0253. The number of amides is 1. The van der Waals surface area contributed by atoms with Gasteiger partial charge in [0.25, 0.3) is 11.5 Å². The highest BCUT2D eigenvalue weighted by Crippen LogP contribution is 2.40. The molecule has 2 aromatic rings. The molecule has 0 N–H and O–H groups in total. The van der Waals surface area contributed by atoms with Crippen LogP contribution in [0.15, 0.2) is 40.0 Å². The van der Waals surface area contributed by atoms with E-state index in [1.165, 1.54) is 11.8 Å². The first-order chi connectivity index (χ1) is 17.7. The van der Waals surface area contributed by atoms with Crippen molar-refractivity contribution in [2.45, 2.75) is 65.8 Å². The van der Waals surface area contributed by atoms with Crippen LogP contribution < -0.4 is 10.5 Å². The zero-order chi connectivity index (χ0) is 26.9. The van der Waals surface area contributed by atoms with Gasteiger partial charge in [-0.25, -0.2) is 0 Å². The molecule has 3 heterocycles. The molecule has 1 amide bonds. The topological polar surface area (TPSA) is 78.6 Å². The number of thiocarbonyl (C=S) groups is 1. The SMILES string of the molecule is CCCn1c(N2CC(C)OC(C)C2)c(/C=C2\SC(=S)N(C(C)c3ccccc3)C2=O)c(C)c(C#N)c1=O. The van der Waals surface area contributed by atoms with E-state index in [0.29, 0.717) is 40.0 Å². The number of ether oxygens (including phenoxy) is 1. The van der Waals surface area contributed by atoms with Crippen LogP contribution >= 0.6 is 24.0 Å². The van der Waals surface area contributed by atoms with Gasteiger partial charge in [-0.15, -0.1) is 0 Å². The maximum atomic E-state index is 13.7. The van der Waals surface area contributed by atoms with Gasteiger partial charge < -0.3 is 9.64 Å². The molecule has 0 bridgehead atoms. The minimum atomic E-state index is -0.300. The highest BCUT2D eigenvalue weighted by molar-refractivity contribution is 8.26. The lowest BCUT2D eigenvalue weighted by molar-refractivity contribution is -0.123. The number of anilines is 1. The number of aromatic nitrogens is 1. The lowest BCUT2D eigenvalue weighted by Gasteiger charge is -2.39. The number of pyridine rings is 1. The standard InChI is InChI=1S/C28H32N4O3S2/c1-6-12-31-25(30-15-17(2)35-18(3)16-30)22(19(4)23(14-29)26(31)33)13-24-27(34)32(28(36)37-24)20(5)21-10-8-7-9-11-21/h7-11,13,17-18,20H,6,12,15-16H2,1-5H3/b24-13-. The average Bonchev–Trinajstić information content (AvgIpc) is 3.14. The predicted molar refractivity (Wildman–Crippen MR) is 153 cm³/mol. The Hall–Kier alpha value is -2.93. The van der Waals surface area contributed by atoms with E-state index in [2.05, 4.69) is 11.0 Å². The summed E-state index contributed by atoms with van der Waals surface area (Å²) in [5.41, 5.74) is 2.08. The second kappa shape index (κ2) is 11.2. The van der Waals surface area contributed by atoms with Crippen molar-refractivity contribution >= 4 is 46.1 Å². The van der Waals surface area contributed by atoms with Crippen LogP contribution in [0.4, 0.5) is 5.82 Å². The molecule has 1 aromatic heterocycles. The third-order valence-electron chi connectivity index (χ3n) is 6.78. The monoisotopic (exact) mass is 536 g/mol. The summed E-state index contributed by atoms with van der Waals surface area (Å²) >= 11 is 6.90. The van der Waals surface area contributed by atoms with E-state index in [9.17, 15) is 14.9 Å². The number of rotatable bonds is 6. The maximum absolute atomic E-state index is 13.7. The van der Waals surface area contributed by atoms with Crippen LogP contribution in [0.5, 0.6) is 0 Å². The number of carbonyl (C=O) groups is 1. The Morgan fingerprint density at radius 1 is 1.22 bits per heavy atom. The van der Waals surface area contributed by atoms with Gasteiger partial charge in [0.2, 0.25) is 0 Å². The zero-order valence-electron chi connectivity index (χ0n) is 21.9. The van der Waals surface area contributed by atoms with Crippen molar-refractivity contribution in [2.75, 3.05) is 18.0 Å². The number of thioether (sulfide) groups is 1. The maximum Gasteiger partial charge on any atom is 0.270 e. The smallest absolute Gasteiger partial charge is 0.270 e. The molecule has 37 heavy (non-hydrogen) atoms. The average molecular weight is 537 g/mol. The highest BCUT2D eigenvalue weighted by Gasteiger charge is 2.37. The minimum Gasteiger partial charge on any atom is -0.372 e. The van der Waals surface area contributed by atoms with Crippen LogP contribution in [0, 0.1) is 18.3 Å². The van der Waals surface area contributed by atoms with Crippen LogP contribution in [0.1, 0.15) is 62.4 Å². The Morgan fingerprint density at radius 3 is 2.46 bits per heavy atom. The van der Waals surface area contributed by atoms with Gasteiger partial charge in [-0.2, -0.15) is 5.26 Å². The summed E-state index contributed by atoms with van der Waals surface area (Å²) in [5.74, 6) is 0.555. The fraction of sp³-hybridized carbons (Fsp3) is 0.429. The fourth-order valence-electron chi connectivity index (χ4n) is 5.09. The molecule has 2 saturated heterocycles. The van der Waals surface area contributed by atoms with E-state index in [4.69, 9.17) is 17.0 Å². The number of morpholine rings is 1. The molecule has 4 rings (SSSR count). The van der Waals surface area contributed by atoms with Crippen molar-refractivity contribution in [3.8, 4) is 6.07 Å². The molecule has 9 heteroatoms. The van der Waals surface area contributed by atoms with Crippen LogP contribution in [0.2, 0.25) is 0 Å². The molecule has 0 radical (unpaired) electrons. The van der Waals surface area contributed by atoms with Crippen molar-refractivity contribution in [1.82, 2.24) is 9.47 Å². The molecule has 2 fully saturated rings. The molecule has 2 aliphatic rings. The van der Waals surface area contributed by atoms with E-state index in [-0.39, 0.29) is 35.3 Å². The van der Waals surface area contributed by atoms with Crippen molar-refractivity contribution in [1.29, 1.82) is 5.26 Å². The molecule has 194 valence electrons. The summed E-state index contributed by atoms with van der Waals surface area (Å²) in [6, 6.07) is 11.7. The molecule has 3 unspecified atom stereocenters. The van der Waals surface area contributed by atoms with Crippen molar-refractivity contribution < 1.29 is 9.53 Å². The highest BCUT2D eigenvalue weighted by atomic mass is 32.2. The van der Waals surface area contributed by atoms with Gasteiger partial charge in [-0.1, -0.05) is 61.2 Å². The Kier molecular flexibility index (Phi) is 8.22. The van der Waals surface area contributed by atoms with E-state index in [1.807, 2.05) is 64.1 Å². The number of carbonyl (C=O) groups excluding carboxylic acids is 1. The number of nitrogens with zero attached hydrogens (tertiary/aromatic N) is 4. The molecule has 0 saturated carbocycles. The third-order valence-corrected chi connectivity index (χ3v) is 8.11. The Bertz CT molecular complexity index is 1340. The van der Waals surface area contributed by atoms with Gasteiger partial charge in [-0.05, 0) is 51.3 Å². The van der Waals surface area contributed by atoms with E-state index in [1.54, 1.807) is 16.4 Å². The summed E-state index contributed by atoms with van der Waals surface area (Å²) in [4.78, 5) is 31.3. The number of benzene rings is 1. The second-order valence-electron chi connectivity index (χ2n) is 9.61. The summed E-state index contributed by atoms with van der Waals surface area (Å²) < 4.78 is 8.13. The lowest BCUT2D eigenvalue weighted by Crippen LogP contribution is -2.48. The molecular formula is C28H32N4O3S2. The fourth-order valence-corrected chi connectivity index (χ4v) is 6.49. The summed E-state index contributed by atoms with van der Waals surface area (Å²) in [6.45, 7) is 11.4. The van der Waals surface area contributed by atoms with Gasteiger partial charge in [0.15, 0.2) is 0 Å². The first kappa shape index (κ1) is 27.1. The van der Waals surface area contributed by atoms with E-state index in [0.717, 1.165) is 17.8 Å². The van der Waals surface area contributed by atoms with Crippen LogP contribution in [-0.2, 0) is 16.1 Å². The molecule has 7 nitrogen and oxygen atoms in total. The van der Waals surface area contributed by atoms with Gasteiger partial charge in [0.1, 0.15) is 21.8 Å². The summed E-state index contributed by atoms with van der Waals surface area (Å²) in [6.07, 6.45) is 2.50. The number of hydrogen-bond donors (Lipinski definition) is 0. The largest absolute Gasteiger partial charge is 0.372 e. The third kappa shape index (κ3) is 5.24. The van der Waals surface area contributed by atoms with E-state index < -0.39 is 0 Å². The van der Waals surface area contributed by atoms with Gasteiger partial charge >= 0.3 is 0 Å². The number of nitriles is 1. The molecule has 0 spiro atoms.